The summed E-state index contributed by atoms with van der Waals surface area (Å²) in [6.07, 6.45) is 0. The highest BCUT2D eigenvalue weighted by Crippen LogP contribution is 2.20. The molecule has 3 unspecified atom stereocenters. The average Bonchev–Trinajstić information content (AvgIpc) is 1.80. The predicted molar refractivity (Wildman–Crippen MR) is 44.0 cm³/mol. The molecule has 0 aromatic carbocycles. The van der Waals surface area contributed by atoms with E-state index >= 15 is 0 Å². The fourth-order valence-corrected chi connectivity index (χ4v) is 2.13. The lowest BCUT2D eigenvalue weighted by atomic mass is 10.2. The number of rotatable bonds is 0. The third-order valence-electron chi connectivity index (χ3n) is 1.86. The van der Waals surface area contributed by atoms with Gasteiger partial charge in [-0.1, -0.05) is 6.92 Å². The van der Waals surface area contributed by atoms with Crippen molar-refractivity contribution in [1.82, 2.24) is 5.32 Å². The van der Waals surface area contributed by atoms with E-state index in [1.807, 2.05) is 0 Å². The Labute approximate surface area is 61.6 Å². The van der Waals surface area contributed by atoms with E-state index < -0.39 is 0 Å². The third kappa shape index (κ3) is 1.87. The van der Waals surface area contributed by atoms with E-state index in [1.165, 1.54) is 5.75 Å². The second-order valence-electron chi connectivity index (χ2n) is 2.89. The van der Waals surface area contributed by atoms with Crippen LogP contribution < -0.4 is 5.32 Å². The van der Waals surface area contributed by atoms with E-state index in [0.717, 1.165) is 5.25 Å². The van der Waals surface area contributed by atoms with Crippen LogP contribution in [0.1, 0.15) is 20.8 Å². The smallest absolute Gasteiger partial charge is 0.0170 e. The molecule has 1 N–H and O–H groups in total. The summed E-state index contributed by atoms with van der Waals surface area (Å²) >= 11 is 2.07. The summed E-state index contributed by atoms with van der Waals surface area (Å²) in [5, 5.41) is 4.30. The number of thioether (sulfide) groups is 1. The molecular weight excluding hydrogens is 130 g/mol. The maximum atomic E-state index is 3.51. The Morgan fingerprint density at radius 2 is 2.00 bits per heavy atom. The van der Waals surface area contributed by atoms with Gasteiger partial charge in [-0.3, -0.25) is 0 Å². The molecular formula is C7H15NS. The van der Waals surface area contributed by atoms with Crippen molar-refractivity contribution in [3.63, 3.8) is 0 Å². The summed E-state index contributed by atoms with van der Waals surface area (Å²) in [4.78, 5) is 0. The average molecular weight is 145 g/mol. The molecule has 0 amide bonds. The van der Waals surface area contributed by atoms with Crippen LogP contribution in [0.25, 0.3) is 0 Å². The number of hydrogen-bond acceptors (Lipinski definition) is 2. The summed E-state index contributed by atoms with van der Waals surface area (Å²) in [5.74, 6) is 1.27. The minimum Gasteiger partial charge on any atom is -0.310 e. The van der Waals surface area contributed by atoms with Gasteiger partial charge >= 0.3 is 0 Å². The van der Waals surface area contributed by atoms with Crippen molar-refractivity contribution in [3.8, 4) is 0 Å². The first kappa shape index (κ1) is 7.42. The second kappa shape index (κ2) is 2.93. The Morgan fingerprint density at radius 3 is 2.44 bits per heavy atom. The molecule has 0 aromatic rings. The van der Waals surface area contributed by atoms with Crippen molar-refractivity contribution in [2.75, 3.05) is 5.75 Å². The van der Waals surface area contributed by atoms with Crippen molar-refractivity contribution in [3.05, 3.63) is 0 Å². The Morgan fingerprint density at radius 1 is 1.33 bits per heavy atom. The minimum atomic E-state index is 0.693. The molecule has 2 heteroatoms. The van der Waals surface area contributed by atoms with Gasteiger partial charge in [-0.25, -0.2) is 0 Å². The van der Waals surface area contributed by atoms with Gasteiger partial charge in [0.25, 0.3) is 0 Å². The molecule has 0 aromatic heterocycles. The molecule has 1 nitrogen and oxygen atoms in total. The summed E-state index contributed by atoms with van der Waals surface area (Å²) < 4.78 is 0. The lowest BCUT2D eigenvalue weighted by Crippen LogP contribution is -2.45. The molecule has 1 fully saturated rings. The molecule has 1 saturated heterocycles. The van der Waals surface area contributed by atoms with Gasteiger partial charge < -0.3 is 5.32 Å². The molecule has 1 aliphatic heterocycles. The molecule has 1 rings (SSSR count). The normalized spacial score (nSPS) is 45.0. The van der Waals surface area contributed by atoms with E-state index in [9.17, 15) is 0 Å². The van der Waals surface area contributed by atoms with E-state index in [0.29, 0.717) is 12.1 Å². The molecule has 0 bridgehead atoms. The Bertz CT molecular complexity index is 94.9. The van der Waals surface area contributed by atoms with Gasteiger partial charge in [0.1, 0.15) is 0 Å². The Hall–Kier alpha value is 0.310. The fraction of sp³-hybridized carbons (Fsp3) is 1.00. The quantitative estimate of drug-likeness (QED) is 0.554. The first-order valence-electron chi connectivity index (χ1n) is 3.58. The van der Waals surface area contributed by atoms with Crippen molar-refractivity contribution in [2.45, 2.75) is 38.1 Å². The molecule has 0 aliphatic carbocycles. The highest BCUT2D eigenvalue weighted by Gasteiger charge is 2.20. The van der Waals surface area contributed by atoms with Crippen LogP contribution in [0.4, 0.5) is 0 Å². The van der Waals surface area contributed by atoms with Crippen LogP contribution in [0.2, 0.25) is 0 Å². The zero-order valence-corrected chi connectivity index (χ0v) is 7.16. The summed E-state index contributed by atoms with van der Waals surface area (Å²) in [6, 6.07) is 1.40. The van der Waals surface area contributed by atoms with E-state index in [-0.39, 0.29) is 0 Å². The zero-order valence-electron chi connectivity index (χ0n) is 6.35. The highest BCUT2D eigenvalue weighted by atomic mass is 32.2. The van der Waals surface area contributed by atoms with Crippen LogP contribution in [0.3, 0.4) is 0 Å². The molecule has 0 saturated carbocycles. The molecule has 0 spiro atoms. The van der Waals surface area contributed by atoms with Crippen LogP contribution in [0, 0.1) is 0 Å². The highest BCUT2D eigenvalue weighted by molar-refractivity contribution is 8.00. The lowest BCUT2D eigenvalue weighted by Gasteiger charge is -2.31. The first-order chi connectivity index (χ1) is 4.20. The lowest BCUT2D eigenvalue weighted by molar-refractivity contribution is 0.474. The maximum Gasteiger partial charge on any atom is 0.0170 e. The van der Waals surface area contributed by atoms with Crippen molar-refractivity contribution < 1.29 is 0 Å². The van der Waals surface area contributed by atoms with Gasteiger partial charge in [0, 0.05) is 23.1 Å². The Balaban J connectivity index is 2.35. The first-order valence-corrected chi connectivity index (χ1v) is 4.62. The van der Waals surface area contributed by atoms with Gasteiger partial charge in [-0.2, -0.15) is 11.8 Å². The predicted octanol–water partition coefficient (Wildman–Crippen LogP) is 1.49. The Kier molecular flexibility index (Phi) is 2.42. The molecule has 0 radical (unpaired) electrons. The minimum absolute atomic E-state index is 0.693. The summed E-state index contributed by atoms with van der Waals surface area (Å²) in [5.41, 5.74) is 0. The van der Waals surface area contributed by atoms with Gasteiger partial charge in [0.2, 0.25) is 0 Å². The van der Waals surface area contributed by atoms with Gasteiger partial charge in [0.05, 0.1) is 0 Å². The number of nitrogens with one attached hydrogen (secondary N) is 1. The number of hydrogen-bond donors (Lipinski definition) is 1. The van der Waals surface area contributed by atoms with Crippen molar-refractivity contribution in [1.29, 1.82) is 0 Å². The molecule has 3 atom stereocenters. The van der Waals surface area contributed by atoms with Crippen LogP contribution >= 0.6 is 11.8 Å². The molecule has 9 heavy (non-hydrogen) atoms. The molecule has 1 aliphatic rings. The van der Waals surface area contributed by atoms with Gasteiger partial charge in [0.15, 0.2) is 0 Å². The monoisotopic (exact) mass is 145 g/mol. The summed E-state index contributed by atoms with van der Waals surface area (Å²) in [7, 11) is 0. The topological polar surface area (TPSA) is 12.0 Å². The van der Waals surface area contributed by atoms with Gasteiger partial charge in [-0.15, -0.1) is 0 Å². The maximum absolute atomic E-state index is 3.51. The fourth-order valence-electron chi connectivity index (χ4n) is 1.07. The molecule has 54 valence electrons. The van der Waals surface area contributed by atoms with Crippen LogP contribution in [-0.2, 0) is 0 Å². The SMILES string of the molecule is CC1CSC(C)C(C)N1. The van der Waals surface area contributed by atoms with Crippen LogP contribution in [-0.4, -0.2) is 23.1 Å². The second-order valence-corrected chi connectivity index (χ2v) is 4.31. The molecule has 1 heterocycles. The van der Waals surface area contributed by atoms with Crippen LogP contribution in [0.5, 0.6) is 0 Å². The van der Waals surface area contributed by atoms with E-state index in [4.69, 9.17) is 0 Å². The van der Waals surface area contributed by atoms with Gasteiger partial charge in [-0.05, 0) is 13.8 Å². The summed E-state index contributed by atoms with van der Waals surface area (Å²) in [6.45, 7) is 6.79. The van der Waals surface area contributed by atoms with Crippen molar-refractivity contribution in [2.24, 2.45) is 0 Å². The van der Waals surface area contributed by atoms with E-state index in [1.54, 1.807) is 0 Å². The van der Waals surface area contributed by atoms with Crippen molar-refractivity contribution >= 4 is 11.8 Å². The zero-order chi connectivity index (χ0) is 6.85. The standard InChI is InChI=1S/C7H15NS/c1-5-4-9-7(3)6(2)8-5/h5-8H,4H2,1-3H3. The largest absolute Gasteiger partial charge is 0.310 e. The van der Waals surface area contributed by atoms with E-state index in [2.05, 4.69) is 37.8 Å². The third-order valence-corrected chi connectivity index (χ3v) is 3.49. The van der Waals surface area contributed by atoms with Crippen LogP contribution in [0.15, 0.2) is 0 Å².